The highest BCUT2D eigenvalue weighted by Crippen LogP contribution is 2.35. The molecule has 4 heterocycles. The highest BCUT2D eigenvalue weighted by atomic mass is 32.1. The molecule has 2 atom stereocenters. The number of aromatic nitrogens is 1. The zero-order valence-corrected chi connectivity index (χ0v) is 17.8. The second-order valence-corrected chi connectivity index (χ2v) is 9.87. The number of hydrogen-bond donors (Lipinski definition) is 1. The van der Waals surface area contributed by atoms with E-state index in [0.29, 0.717) is 18.8 Å². The maximum Gasteiger partial charge on any atom is 0.271 e. The molecule has 7 heteroatoms. The minimum Gasteiger partial charge on any atom is -0.376 e. The van der Waals surface area contributed by atoms with Gasteiger partial charge in [-0.3, -0.25) is 9.59 Å². The number of rotatable bonds is 4. The van der Waals surface area contributed by atoms with Crippen LogP contribution in [-0.4, -0.2) is 52.1 Å². The first kappa shape index (κ1) is 19.1. The largest absolute Gasteiger partial charge is 0.376 e. The normalized spacial score (nSPS) is 28.1. The van der Waals surface area contributed by atoms with Crippen molar-refractivity contribution in [3.05, 3.63) is 23.2 Å². The van der Waals surface area contributed by atoms with Gasteiger partial charge in [0.15, 0.2) is 0 Å². The Bertz CT molecular complexity index is 923. The second kappa shape index (κ2) is 7.43. The Hall–Kier alpha value is -1.86. The van der Waals surface area contributed by atoms with E-state index in [1.165, 1.54) is 6.42 Å². The van der Waals surface area contributed by atoms with E-state index < -0.39 is 5.54 Å². The van der Waals surface area contributed by atoms with Crippen LogP contribution in [0.2, 0.25) is 0 Å². The third-order valence-corrected chi connectivity index (χ3v) is 7.74. The van der Waals surface area contributed by atoms with Crippen LogP contribution in [0.3, 0.4) is 0 Å². The summed E-state index contributed by atoms with van der Waals surface area (Å²) in [5.74, 6) is -0.0880. The Morgan fingerprint density at radius 1 is 1.28 bits per heavy atom. The third kappa shape index (κ3) is 3.28. The second-order valence-electron chi connectivity index (χ2n) is 8.92. The zero-order valence-electron chi connectivity index (χ0n) is 17.0. The zero-order chi connectivity index (χ0) is 20.0. The van der Waals surface area contributed by atoms with Crippen LogP contribution in [0, 0.1) is 0 Å². The lowest BCUT2D eigenvalue weighted by Crippen LogP contribution is -2.66. The first-order valence-electron chi connectivity index (χ1n) is 10.9. The monoisotopic (exact) mass is 415 g/mol. The topological polar surface area (TPSA) is 63.6 Å². The van der Waals surface area contributed by atoms with Gasteiger partial charge in [0.2, 0.25) is 5.91 Å². The Morgan fingerprint density at radius 3 is 2.86 bits per heavy atom. The van der Waals surface area contributed by atoms with Crippen LogP contribution >= 0.6 is 11.3 Å². The van der Waals surface area contributed by atoms with Crippen molar-refractivity contribution < 1.29 is 14.3 Å². The molecule has 1 N–H and O–H groups in total. The van der Waals surface area contributed by atoms with Crippen molar-refractivity contribution in [1.29, 1.82) is 0 Å². The number of hydrogen-bond acceptors (Lipinski definition) is 4. The van der Waals surface area contributed by atoms with Gasteiger partial charge in [0.25, 0.3) is 5.91 Å². The van der Waals surface area contributed by atoms with Crippen LogP contribution in [0.1, 0.15) is 62.4 Å². The molecule has 2 aromatic rings. The summed E-state index contributed by atoms with van der Waals surface area (Å²) in [4.78, 5) is 28.9. The number of carbonyl (C=O) groups excluding carboxylic acids is 2. The van der Waals surface area contributed by atoms with Crippen molar-refractivity contribution >= 4 is 33.4 Å². The van der Waals surface area contributed by atoms with E-state index in [4.69, 9.17) is 4.74 Å². The average molecular weight is 416 g/mol. The summed E-state index contributed by atoms with van der Waals surface area (Å²) in [6.45, 7) is 3.63. The van der Waals surface area contributed by atoms with Crippen LogP contribution in [0.5, 0.6) is 0 Å². The Morgan fingerprint density at radius 2 is 2.10 bits per heavy atom. The van der Waals surface area contributed by atoms with Gasteiger partial charge >= 0.3 is 0 Å². The lowest BCUT2D eigenvalue weighted by Gasteiger charge is -2.45. The highest BCUT2D eigenvalue weighted by molar-refractivity contribution is 7.17. The average Bonchev–Trinajstić information content (AvgIpc) is 3.45. The van der Waals surface area contributed by atoms with E-state index in [-0.39, 0.29) is 24.0 Å². The fourth-order valence-corrected chi connectivity index (χ4v) is 5.96. The standard InChI is InChI=1S/C22H29N3O3S/c1-22(21(27)23-15-6-3-2-4-7-15)14-24-17-9-11-29-19(17)12-18(24)20(26)25(22)13-16-8-5-10-28-16/h9,11-12,15-16H,2-8,10,13-14H2,1H3,(H,23,27)/t16-,22-/m0/s1. The molecule has 2 amide bonds. The van der Waals surface area contributed by atoms with E-state index >= 15 is 0 Å². The Kier molecular flexibility index (Phi) is 4.90. The van der Waals surface area contributed by atoms with E-state index in [0.717, 1.165) is 55.3 Å². The molecule has 6 nitrogen and oxygen atoms in total. The Labute approximate surface area is 175 Å². The number of fused-ring (bicyclic) bond motifs is 3. The molecule has 0 radical (unpaired) electrons. The third-order valence-electron chi connectivity index (χ3n) is 6.89. The van der Waals surface area contributed by atoms with Gasteiger partial charge in [0, 0.05) is 19.2 Å². The summed E-state index contributed by atoms with van der Waals surface area (Å²) in [5.41, 5.74) is 0.820. The maximum atomic E-state index is 13.6. The van der Waals surface area contributed by atoms with Crippen LogP contribution in [0.15, 0.2) is 17.5 Å². The summed E-state index contributed by atoms with van der Waals surface area (Å²) in [6.07, 6.45) is 7.62. The molecule has 1 saturated carbocycles. The number of nitrogens with zero attached hydrogens (tertiary/aromatic N) is 2. The SMILES string of the molecule is C[C@@]1(C(=O)NC2CCCCC2)Cn2c(cc3sccc32)C(=O)N1C[C@@H]1CCCO1. The molecule has 2 aliphatic heterocycles. The van der Waals surface area contributed by atoms with Crippen molar-refractivity contribution in [2.45, 2.75) is 76.1 Å². The summed E-state index contributed by atoms with van der Waals surface area (Å²) in [5, 5.41) is 5.33. The van der Waals surface area contributed by atoms with Crippen LogP contribution < -0.4 is 5.32 Å². The van der Waals surface area contributed by atoms with Crippen LogP contribution in [0.4, 0.5) is 0 Å². The van der Waals surface area contributed by atoms with Crippen molar-refractivity contribution in [2.75, 3.05) is 13.2 Å². The van der Waals surface area contributed by atoms with Gasteiger partial charge in [-0.15, -0.1) is 11.3 Å². The first-order valence-corrected chi connectivity index (χ1v) is 11.8. The van der Waals surface area contributed by atoms with Crippen molar-refractivity contribution in [2.24, 2.45) is 0 Å². The molecule has 2 aromatic heterocycles. The predicted octanol–water partition coefficient (Wildman–Crippen LogP) is 3.55. The molecule has 0 aromatic carbocycles. The summed E-state index contributed by atoms with van der Waals surface area (Å²) in [7, 11) is 0. The Balaban J connectivity index is 1.49. The molecule has 3 aliphatic rings. The number of carbonyl (C=O) groups is 2. The van der Waals surface area contributed by atoms with Gasteiger partial charge in [-0.2, -0.15) is 0 Å². The first-order chi connectivity index (χ1) is 14.1. The summed E-state index contributed by atoms with van der Waals surface area (Å²) < 4.78 is 8.97. The smallest absolute Gasteiger partial charge is 0.271 e. The molecule has 0 spiro atoms. The molecule has 156 valence electrons. The van der Waals surface area contributed by atoms with Crippen LogP contribution in [0.25, 0.3) is 10.2 Å². The van der Waals surface area contributed by atoms with Gasteiger partial charge in [-0.25, -0.2) is 0 Å². The molecule has 2 fully saturated rings. The maximum absolute atomic E-state index is 13.6. The summed E-state index contributed by atoms with van der Waals surface area (Å²) >= 11 is 1.64. The number of ether oxygens (including phenoxy) is 1. The molecular weight excluding hydrogens is 386 g/mol. The quantitative estimate of drug-likeness (QED) is 0.831. The van der Waals surface area contributed by atoms with Gasteiger partial charge in [0.05, 0.1) is 22.9 Å². The highest BCUT2D eigenvalue weighted by Gasteiger charge is 2.49. The van der Waals surface area contributed by atoms with E-state index in [1.54, 1.807) is 16.2 Å². The molecule has 0 bridgehead atoms. The number of amides is 2. The minimum absolute atomic E-state index is 0.0170. The van der Waals surface area contributed by atoms with E-state index in [2.05, 4.69) is 5.32 Å². The van der Waals surface area contributed by atoms with Crippen molar-refractivity contribution in [1.82, 2.24) is 14.8 Å². The van der Waals surface area contributed by atoms with Gasteiger partial charge in [-0.1, -0.05) is 19.3 Å². The fourth-order valence-electron chi connectivity index (χ4n) is 5.14. The van der Waals surface area contributed by atoms with Gasteiger partial charge in [0.1, 0.15) is 11.2 Å². The molecule has 5 rings (SSSR count). The van der Waals surface area contributed by atoms with Crippen molar-refractivity contribution in [3.63, 3.8) is 0 Å². The molecule has 29 heavy (non-hydrogen) atoms. The van der Waals surface area contributed by atoms with Crippen molar-refractivity contribution in [3.8, 4) is 0 Å². The molecular formula is C22H29N3O3S. The predicted molar refractivity (Wildman–Crippen MR) is 113 cm³/mol. The molecule has 1 aliphatic carbocycles. The molecule has 1 saturated heterocycles. The number of thiophene rings is 1. The molecule has 0 unspecified atom stereocenters. The fraction of sp³-hybridized carbons (Fsp3) is 0.636. The number of nitrogens with one attached hydrogen (secondary N) is 1. The van der Waals surface area contributed by atoms with E-state index in [9.17, 15) is 9.59 Å². The lowest BCUT2D eigenvalue weighted by molar-refractivity contribution is -0.134. The minimum atomic E-state index is -0.915. The summed E-state index contributed by atoms with van der Waals surface area (Å²) in [6, 6.07) is 4.25. The van der Waals surface area contributed by atoms with E-state index in [1.807, 2.05) is 29.0 Å². The van der Waals surface area contributed by atoms with Gasteiger partial charge < -0.3 is 19.5 Å². The van der Waals surface area contributed by atoms with Crippen LogP contribution in [-0.2, 0) is 16.1 Å². The van der Waals surface area contributed by atoms with Gasteiger partial charge in [-0.05, 0) is 50.1 Å². The lowest BCUT2D eigenvalue weighted by atomic mass is 9.91.